The van der Waals surface area contributed by atoms with Crippen LogP contribution in [0.1, 0.15) is 25.7 Å². The molecule has 1 aliphatic carbocycles. The average molecular weight is 274 g/mol. The van der Waals surface area contributed by atoms with Crippen LogP contribution in [0.3, 0.4) is 0 Å². The zero-order valence-corrected chi connectivity index (χ0v) is 10.7. The second kappa shape index (κ2) is 5.67. The Morgan fingerprint density at radius 1 is 1.21 bits per heavy atom. The molecular weight excluding hydrogens is 257 g/mol. The molecule has 0 saturated heterocycles. The van der Waals surface area contributed by atoms with Crippen LogP contribution < -0.4 is 10.1 Å². The second-order valence-corrected chi connectivity index (χ2v) is 4.82. The lowest BCUT2D eigenvalue weighted by Crippen LogP contribution is -2.32. The normalized spacial score (nSPS) is 24.0. The van der Waals surface area contributed by atoms with E-state index < -0.39 is 12.1 Å². The monoisotopic (exact) mass is 274 g/mol. The van der Waals surface area contributed by atoms with Crippen molar-refractivity contribution in [2.45, 2.75) is 37.9 Å². The molecular formula is C13H17F3N2O. The van der Waals surface area contributed by atoms with Gasteiger partial charge in [0.2, 0.25) is 5.88 Å². The van der Waals surface area contributed by atoms with Crippen LogP contribution >= 0.6 is 0 Å². The van der Waals surface area contributed by atoms with Crippen LogP contribution in [0, 0.1) is 5.92 Å². The first-order chi connectivity index (χ1) is 8.99. The summed E-state index contributed by atoms with van der Waals surface area (Å²) in [6, 6.07) is 3.64. The Balaban J connectivity index is 1.85. The number of alkyl halides is 3. The lowest BCUT2D eigenvalue weighted by atomic mass is 9.85. The van der Waals surface area contributed by atoms with Gasteiger partial charge >= 0.3 is 6.18 Å². The minimum Gasteiger partial charge on any atom is -0.481 e. The Morgan fingerprint density at radius 3 is 2.37 bits per heavy atom. The minimum absolute atomic E-state index is 0.0915. The molecule has 106 valence electrons. The number of aromatic nitrogens is 1. The molecule has 1 aliphatic rings. The fraction of sp³-hybridized carbons (Fsp3) is 0.615. The van der Waals surface area contributed by atoms with E-state index in [4.69, 9.17) is 4.74 Å². The summed E-state index contributed by atoms with van der Waals surface area (Å²) < 4.78 is 42.5. The molecule has 1 N–H and O–H groups in total. The van der Waals surface area contributed by atoms with Crippen molar-refractivity contribution in [3.05, 3.63) is 18.3 Å². The molecule has 0 radical (unpaired) electrons. The molecule has 19 heavy (non-hydrogen) atoms. The maximum absolute atomic E-state index is 12.5. The molecule has 0 aromatic carbocycles. The van der Waals surface area contributed by atoms with Crippen LogP contribution in [0.5, 0.6) is 5.88 Å². The van der Waals surface area contributed by atoms with E-state index in [1.54, 1.807) is 12.3 Å². The molecule has 0 amide bonds. The lowest BCUT2D eigenvalue weighted by molar-refractivity contribution is -0.182. The first-order valence-corrected chi connectivity index (χ1v) is 6.32. The molecule has 0 bridgehead atoms. The van der Waals surface area contributed by atoms with Crippen molar-refractivity contribution >= 4 is 5.69 Å². The first kappa shape index (κ1) is 14.0. The number of ether oxygens (including phenoxy) is 1. The van der Waals surface area contributed by atoms with Crippen LogP contribution in [0.2, 0.25) is 0 Å². The van der Waals surface area contributed by atoms with Gasteiger partial charge in [-0.25, -0.2) is 4.98 Å². The zero-order valence-electron chi connectivity index (χ0n) is 10.7. The van der Waals surface area contributed by atoms with Gasteiger partial charge in [-0.15, -0.1) is 0 Å². The zero-order chi connectivity index (χ0) is 13.9. The van der Waals surface area contributed by atoms with Crippen molar-refractivity contribution in [3.63, 3.8) is 0 Å². The highest BCUT2D eigenvalue weighted by molar-refractivity contribution is 5.43. The van der Waals surface area contributed by atoms with Gasteiger partial charge in [0.25, 0.3) is 0 Å². The van der Waals surface area contributed by atoms with Crippen molar-refractivity contribution in [1.29, 1.82) is 0 Å². The summed E-state index contributed by atoms with van der Waals surface area (Å²) in [7, 11) is 1.54. The SMILES string of the molecule is COc1ccc(NC2CCC(C(F)(F)F)CC2)cn1. The number of pyridine rings is 1. The van der Waals surface area contributed by atoms with E-state index in [1.807, 2.05) is 6.07 Å². The molecule has 2 rings (SSSR count). The molecule has 1 saturated carbocycles. The highest BCUT2D eigenvalue weighted by Gasteiger charge is 2.41. The number of anilines is 1. The van der Waals surface area contributed by atoms with Crippen LogP contribution in [0.15, 0.2) is 18.3 Å². The van der Waals surface area contributed by atoms with E-state index in [1.165, 1.54) is 7.11 Å². The van der Waals surface area contributed by atoms with Gasteiger partial charge in [-0.2, -0.15) is 13.2 Å². The van der Waals surface area contributed by atoms with E-state index in [-0.39, 0.29) is 18.9 Å². The fourth-order valence-electron chi connectivity index (χ4n) is 2.39. The third-order valence-corrected chi connectivity index (χ3v) is 3.51. The lowest BCUT2D eigenvalue weighted by Gasteiger charge is -2.30. The number of halogens is 3. The van der Waals surface area contributed by atoms with Crippen LogP contribution in [0.25, 0.3) is 0 Å². The molecule has 1 aromatic heterocycles. The molecule has 0 aliphatic heterocycles. The summed E-state index contributed by atoms with van der Waals surface area (Å²) in [5.41, 5.74) is 0.816. The Hall–Kier alpha value is -1.46. The Labute approximate surface area is 110 Å². The van der Waals surface area contributed by atoms with Crippen LogP contribution in [-0.2, 0) is 0 Å². The molecule has 0 atom stereocenters. The summed E-state index contributed by atoms with van der Waals surface area (Å²) in [6.45, 7) is 0. The highest BCUT2D eigenvalue weighted by atomic mass is 19.4. The second-order valence-electron chi connectivity index (χ2n) is 4.82. The minimum atomic E-state index is -4.05. The van der Waals surface area contributed by atoms with Gasteiger partial charge in [0.05, 0.1) is 24.9 Å². The van der Waals surface area contributed by atoms with Crippen molar-refractivity contribution in [3.8, 4) is 5.88 Å². The number of hydrogen-bond donors (Lipinski definition) is 1. The van der Waals surface area contributed by atoms with Gasteiger partial charge in [0, 0.05) is 12.1 Å². The molecule has 0 spiro atoms. The van der Waals surface area contributed by atoms with E-state index >= 15 is 0 Å². The molecule has 1 heterocycles. The number of nitrogens with zero attached hydrogens (tertiary/aromatic N) is 1. The largest absolute Gasteiger partial charge is 0.481 e. The molecule has 6 heteroatoms. The number of rotatable bonds is 3. The molecule has 0 unspecified atom stereocenters. The van der Waals surface area contributed by atoms with Gasteiger partial charge in [0.15, 0.2) is 0 Å². The van der Waals surface area contributed by atoms with Crippen LogP contribution in [0.4, 0.5) is 18.9 Å². The highest BCUT2D eigenvalue weighted by Crippen LogP contribution is 2.38. The van der Waals surface area contributed by atoms with E-state index in [9.17, 15) is 13.2 Å². The van der Waals surface area contributed by atoms with Gasteiger partial charge < -0.3 is 10.1 Å². The summed E-state index contributed by atoms with van der Waals surface area (Å²) in [5, 5.41) is 3.22. The van der Waals surface area contributed by atoms with Crippen molar-refractivity contribution in [2.24, 2.45) is 5.92 Å². The van der Waals surface area contributed by atoms with E-state index in [2.05, 4.69) is 10.3 Å². The predicted octanol–water partition coefficient (Wildman–Crippen LogP) is 3.62. The topological polar surface area (TPSA) is 34.1 Å². The number of methoxy groups -OCH3 is 1. The summed E-state index contributed by atoms with van der Waals surface area (Å²) in [5.74, 6) is -0.620. The summed E-state index contributed by atoms with van der Waals surface area (Å²) >= 11 is 0. The Bertz CT molecular complexity index is 397. The van der Waals surface area contributed by atoms with Gasteiger partial charge in [-0.1, -0.05) is 0 Å². The predicted molar refractivity (Wildman–Crippen MR) is 66.2 cm³/mol. The maximum Gasteiger partial charge on any atom is 0.391 e. The summed E-state index contributed by atoms with van der Waals surface area (Å²) in [6.07, 6.45) is -0.941. The standard InChI is InChI=1S/C13H17F3N2O/c1-19-12-7-6-11(8-17-12)18-10-4-2-9(3-5-10)13(14,15)16/h6-10,18H,2-5H2,1H3. The quantitative estimate of drug-likeness (QED) is 0.914. The number of hydrogen-bond acceptors (Lipinski definition) is 3. The third kappa shape index (κ3) is 3.75. The Morgan fingerprint density at radius 2 is 1.89 bits per heavy atom. The van der Waals surface area contributed by atoms with Gasteiger partial charge in [0.1, 0.15) is 0 Å². The molecule has 1 aromatic rings. The first-order valence-electron chi connectivity index (χ1n) is 6.32. The maximum atomic E-state index is 12.5. The third-order valence-electron chi connectivity index (χ3n) is 3.51. The van der Waals surface area contributed by atoms with Crippen molar-refractivity contribution < 1.29 is 17.9 Å². The van der Waals surface area contributed by atoms with E-state index in [0.717, 1.165) is 5.69 Å². The number of nitrogens with one attached hydrogen (secondary N) is 1. The van der Waals surface area contributed by atoms with Gasteiger partial charge in [-0.3, -0.25) is 0 Å². The molecule has 3 nitrogen and oxygen atoms in total. The van der Waals surface area contributed by atoms with Crippen molar-refractivity contribution in [1.82, 2.24) is 4.98 Å². The van der Waals surface area contributed by atoms with Crippen LogP contribution in [-0.4, -0.2) is 24.3 Å². The average Bonchev–Trinajstić information content (AvgIpc) is 2.39. The van der Waals surface area contributed by atoms with E-state index in [0.29, 0.717) is 18.7 Å². The van der Waals surface area contributed by atoms with Gasteiger partial charge in [-0.05, 0) is 31.7 Å². The fourth-order valence-corrected chi connectivity index (χ4v) is 2.39. The smallest absolute Gasteiger partial charge is 0.391 e. The van der Waals surface area contributed by atoms with Crippen molar-refractivity contribution in [2.75, 3.05) is 12.4 Å². The summed E-state index contributed by atoms with van der Waals surface area (Å²) in [4.78, 5) is 4.05. The molecule has 1 fully saturated rings. The Kier molecular flexibility index (Phi) is 4.17.